The number of guanidine groups is 1. The molecule has 0 radical (unpaired) electrons. The minimum Gasteiger partial charge on any atom is -0.355 e. The molecule has 154 valence electrons. The number of rotatable bonds is 6. The Morgan fingerprint density at radius 2 is 1.81 bits per heavy atom. The molecule has 0 unspecified atom stereocenters. The molecule has 6 nitrogen and oxygen atoms in total. The Bertz CT molecular complexity index is 714. The van der Waals surface area contributed by atoms with E-state index in [1.54, 1.807) is 13.1 Å². The predicted octanol–water partition coefficient (Wildman–Crippen LogP) is 2.56. The van der Waals surface area contributed by atoms with E-state index in [4.69, 9.17) is 0 Å². The van der Waals surface area contributed by atoms with Gasteiger partial charge in [-0.05, 0) is 50.0 Å². The lowest BCUT2D eigenvalue weighted by molar-refractivity contribution is 0.289. The lowest BCUT2D eigenvalue weighted by Crippen LogP contribution is -2.41. The molecule has 0 amide bonds. The lowest BCUT2D eigenvalue weighted by Gasteiger charge is -2.20. The molecular weight excluding hydrogens is 475 g/mol. The Hall–Kier alpha value is -0.870. The van der Waals surface area contributed by atoms with Crippen molar-refractivity contribution in [3.63, 3.8) is 0 Å². The fourth-order valence-electron chi connectivity index (χ4n) is 3.34. The molecule has 1 aliphatic heterocycles. The highest BCUT2D eigenvalue weighted by Gasteiger charge is 2.11. The van der Waals surface area contributed by atoms with E-state index in [2.05, 4.69) is 20.5 Å². The molecule has 0 aromatic heterocycles. The summed E-state index contributed by atoms with van der Waals surface area (Å²) in [6.07, 6.45) is 6.55. The van der Waals surface area contributed by atoms with E-state index >= 15 is 0 Å². The molecule has 0 atom stereocenters. The molecule has 0 spiro atoms. The first-order valence-electron chi connectivity index (χ1n) is 9.36. The number of nitrogens with zero attached hydrogens (tertiary/aromatic N) is 2. The number of aryl methyl sites for hydroxylation is 1. The minimum atomic E-state index is -3.17. The van der Waals surface area contributed by atoms with Gasteiger partial charge in [-0.25, -0.2) is 8.42 Å². The van der Waals surface area contributed by atoms with Gasteiger partial charge in [0.25, 0.3) is 0 Å². The Morgan fingerprint density at radius 1 is 1.15 bits per heavy atom. The second-order valence-corrected chi connectivity index (χ2v) is 8.96. The van der Waals surface area contributed by atoms with E-state index in [1.807, 2.05) is 19.1 Å². The second-order valence-electron chi connectivity index (χ2n) is 6.98. The average molecular weight is 508 g/mol. The maximum Gasteiger partial charge on any atom is 0.191 e. The van der Waals surface area contributed by atoms with Gasteiger partial charge in [0.05, 0.1) is 4.90 Å². The third-order valence-corrected chi connectivity index (χ3v) is 6.00. The molecule has 27 heavy (non-hydrogen) atoms. The topological polar surface area (TPSA) is 73.8 Å². The van der Waals surface area contributed by atoms with Crippen molar-refractivity contribution in [2.75, 3.05) is 39.5 Å². The zero-order valence-corrected chi connectivity index (χ0v) is 19.8. The molecule has 1 saturated heterocycles. The number of sulfone groups is 1. The van der Waals surface area contributed by atoms with Gasteiger partial charge in [-0.2, -0.15) is 0 Å². The fraction of sp³-hybridized carbons (Fsp3) is 0.632. The van der Waals surface area contributed by atoms with Gasteiger partial charge in [-0.3, -0.25) is 4.99 Å². The molecule has 2 rings (SSSR count). The first-order valence-corrected chi connectivity index (χ1v) is 11.3. The second kappa shape index (κ2) is 11.9. The molecule has 1 aromatic carbocycles. The number of nitrogens with one attached hydrogen (secondary N) is 2. The minimum absolute atomic E-state index is 0. The van der Waals surface area contributed by atoms with Crippen LogP contribution in [0.1, 0.15) is 36.8 Å². The molecule has 0 saturated carbocycles. The van der Waals surface area contributed by atoms with Crippen LogP contribution in [0.5, 0.6) is 0 Å². The quantitative estimate of drug-likeness (QED) is 0.351. The predicted molar refractivity (Wildman–Crippen MR) is 123 cm³/mol. The number of benzene rings is 1. The molecule has 2 N–H and O–H groups in total. The van der Waals surface area contributed by atoms with Crippen LogP contribution >= 0.6 is 24.0 Å². The van der Waals surface area contributed by atoms with Crippen LogP contribution in [0.2, 0.25) is 0 Å². The first-order chi connectivity index (χ1) is 12.4. The third-order valence-electron chi connectivity index (χ3n) is 4.74. The maximum atomic E-state index is 11.7. The van der Waals surface area contributed by atoms with Crippen LogP contribution in [-0.2, 0) is 16.4 Å². The number of aliphatic imine (C=N–C) groups is 1. The number of hydrogen-bond donors (Lipinski definition) is 2. The van der Waals surface area contributed by atoms with Gasteiger partial charge in [0.2, 0.25) is 0 Å². The summed E-state index contributed by atoms with van der Waals surface area (Å²) in [6.45, 7) is 6.72. The van der Waals surface area contributed by atoms with Crippen LogP contribution in [0, 0.1) is 6.92 Å². The van der Waals surface area contributed by atoms with Crippen molar-refractivity contribution in [1.29, 1.82) is 0 Å². The standard InChI is InChI=1S/C19H32N4O2S.HI/c1-16-14-17(8-9-18(16)26(3,24)25)15-22-19(20-2)21-10-13-23-11-6-4-5-7-12-23;/h8-9,14H,4-7,10-13,15H2,1-3H3,(H2,20,21,22);1H. The number of halogens is 1. The molecule has 8 heteroatoms. The van der Waals surface area contributed by atoms with Crippen LogP contribution in [0.15, 0.2) is 28.1 Å². The normalized spacial score (nSPS) is 16.3. The van der Waals surface area contributed by atoms with Crippen molar-refractivity contribution < 1.29 is 8.42 Å². The van der Waals surface area contributed by atoms with Gasteiger partial charge in [0.15, 0.2) is 15.8 Å². The highest BCUT2D eigenvalue weighted by molar-refractivity contribution is 14.0. The Labute approximate surface area is 181 Å². The number of hydrogen-bond acceptors (Lipinski definition) is 4. The summed E-state index contributed by atoms with van der Waals surface area (Å²) < 4.78 is 23.4. The van der Waals surface area contributed by atoms with Crippen LogP contribution in [-0.4, -0.2) is 58.8 Å². The van der Waals surface area contributed by atoms with Gasteiger partial charge in [-0.15, -0.1) is 24.0 Å². The van der Waals surface area contributed by atoms with Crippen molar-refractivity contribution in [3.05, 3.63) is 29.3 Å². The van der Waals surface area contributed by atoms with E-state index in [9.17, 15) is 8.42 Å². The molecule has 1 aromatic rings. The largest absolute Gasteiger partial charge is 0.355 e. The van der Waals surface area contributed by atoms with Gasteiger partial charge in [0.1, 0.15) is 0 Å². The van der Waals surface area contributed by atoms with Crippen molar-refractivity contribution in [1.82, 2.24) is 15.5 Å². The van der Waals surface area contributed by atoms with E-state index in [1.165, 1.54) is 45.0 Å². The van der Waals surface area contributed by atoms with Crippen LogP contribution in [0.25, 0.3) is 0 Å². The summed E-state index contributed by atoms with van der Waals surface area (Å²) in [5.41, 5.74) is 1.81. The highest BCUT2D eigenvalue weighted by atomic mass is 127. The van der Waals surface area contributed by atoms with E-state index in [0.717, 1.165) is 30.2 Å². The van der Waals surface area contributed by atoms with Gasteiger partial charge < -0.3 is 15.5 Å². The van der Waals surface area contributed by atoms with Crippen molar-refractivity contribution >= 4 is 39.8 Å². The van der Waals surface area contributed by atoms with E-state index < -0.39 is 9.84 Å². The van der Waals surface area contributed by atoms with Gasteiger partial charge in [0, 0.05) is 32.9 Å². The van der Waals surface area contributed by atoms with Crippen molar-refractivity contribution in [3.8, 4) is 0 Å². The molecule has 1 fully saturated rings. The monoisotopic (exact) mass is 508 g/mol. The van der Waals surface area contributed by atoms with Crippen molar-refractivity contribution in [2.24, 2.45) is 4.99 Å². The van der Waals surface area contributed by atoms with E-state index in [-0.39, 0.29) is 24.0 Å². The molecule has 0 bridgehead atoms. The lowest BCUT2D eigenvalue weighted by atomic mass is 10.1. The first kappa shape index (κ1) is 24.2. The molecule has 1 aliphatic rings. The maximum absolute atomic E-state index is 11.7. The van der Waals surface area contributed by atoms with Gasteiger partial charge in [-0.1, -0.05) is 25.0 Å². The van der Waals surface area contributed by atoms with Crippen LogP contribution < -0.4 is 10.6 Å². The summed E-state index contributed by atoms with van der Waals surface area (Å²) in [6, 6.07) is 5.44. The third kappa shape index (κ3) is 8.35. The Morgan fingerprint density at radius 3 is 2.37 bits per heavy atom. The molecule has 1 heterocycles. The summed E-state index contributed by atoms with van der Waals surface area (Å²) in [5.74, 6) is 0.768. The zero-order valence-electron chi connectivity index (χ0n) is 16.6. The van der Waals surface area contributed by atoms with Crippen molar-refractivity contribution in [2.45, 2.75) is 44.0 Å². The SMILES string of the molecule is CN=C(NCCN1CCCCCC1)NCc1ccc(S(C)(=O)=O)c(C)c1.I. The van der Waals surface area contributed by atoms with E-state index in [0.29, 0.717) is 11.4 Å². The fourth-order valence-corrected chi connectivity index (χ4v) is 4.30. The smallest absolute Gasteiger partial charge is 0.191 e. The summed E-state index contributed by atoms with van der Waals surface area (Å²) in [5, 5.41) is 6.65. The number of likely N-dealkylation sites (tertiary alicyclic amines) is 1. The van der Waals surface area contributed by atoms with Gasteiger partial charge >= 0.3 is 0 Å². The molecular formula is C19H33IN4O2S. The Balaban J connectivity index is 0.00000364. The zero-order chi connectivity index (χ0) is 19.0. The van der Waals surface area contributed by atoms with Crippen LogP contribution in [0.3, 0.4) is 0 Å². The highest BCUT2D eigenvalue weighted by Crippen LogP contribution is 2.16. The summed E-state index contributed by atoms with van der Waals surface area (Å²) in [4.78, 5) is 7.17. The molecule has 0 aliphatic carbocycles. The van der Waals surface area contributed by atoms with Crippen LogP contribution in [0.4, 0.5) is 0 Å². The average Bonchev–Trinajstić information content (AvgIpc) is 2.85. The summed E-state index contributed by atoms with van der Waals surface area (Å²) in [7, 11) is -1.41. The Kier molecular flexibility index (Phi) is 10.6. The summed E-state index contributed by atoms with van der Waals surface area (Å²) >= 11 is 0.